The first kappa shape index (κ1) is 14.0. The highest BCUT2D eigenvalue weighted by Crippen LogP contribution is 2.23. The van der Waals surface area contributed by atoms with Crippen molar-refractivity contribution in [2.75, 3.05) is 6.54 Å². The van der Waals surface area contributed by atoms with Crippen LogP contribution in [-0.4, -0.2) is 21.3 Å². The van der Waals surface area contributed by atoms with Gasteiger partial charge in [-0.15, -0.1) is 10.2 Å². The Morgan fingerprint density at radius 3 is 2.79 bits per heavy atom. The predicted octanol–water partition coefficient (Wildman–Crippen LogP) is 2.12. The van der Waals surface area contributed by atoms with Gasteiger partial charge in [0.15, 0.2) is 5.16 Å². The Morgan fingerprint density at radius 2 is 2.11 bits per heavy atom. The van der Waals surface area contributed by atoms with E-state index in [-0.39, 0.29) is 0 Å². The number of nitrogens with two attached hydrogens (primary N) is 1. The summed E-state index contributed by atoms with van der Waals surface area (Å²) in [5.41, 5.74) is 5.95. The average molecular weight is 284 g/mol. The van der Waals surface area contributed by atoms with Crippen molar-refractivity contribution in [3.63, 3.8) is 0 Å². The standard InChI is InChI=1S/C12H14F2N4S/c1-8-16-17-12(18(8)5-4-15)19-7-9-2-3-10(13)6-11(9)14/h2-3,6H,4-5,7,15H2,1H3. The molecule has 7 heteroatoms. The van der Waals surface area contributed by atoms with Crippen molar-refractivity contribution >= 4 is 11.8 Å². The maximum atomic E-state index is 13.5. The van der Waals surface area contributed by atoms with Gasteiger partial charge in [0, 0.05) is 24.9 Å². The molecule has 0 aliphatic carbocycles. The van der Waals surface area contributed by atoms with E-state index in [0.717, 1.165) is 11.9 Å². The lowest BCUT2D eigenvalue weighted by Crippen LogP contribution is -2.12. The average Bonchev–Trinajstić information content (AvgIpc) is 2.71. The molecule has 0 atom stereocenters. The van der Waals surface area contributed by atoms with Crippen LogP contribution in [0.2, 0.25) is 0 Å². The first-order valence-corrected chi connectivity index (χ1v) is 6.77. The second-order valence-corrected chi connectivity index (χ2v) is 4.94. The molecule has 0 fully saturated rings. The molecule has 0 aliphatic heterocycles. The third-order valence-corrected chi connectivity index (χ3v) is 3.64. The Kier molecular flexibility index (Phi) is 4.49. The summed E-state index contributed by atoms with van der Waals surface area (Å²) in [4.78, 5) is 0. The summed E-state index contributed by atoms with van der Waals surface area (Å²) >= 11 is 1.35. The summed E-state index contributed by atoms with van der Waals surface area (Å²) in [7, 11) is 0. The summed E-state index contributed by atoms with van der Waals surface area (Å²) in [6.07, 6.45) is 0. The summed E-state index contributed by atoms with van der Waals surface area (Å²) in [5.74, 6) is 0.0180. The van der Waals surface area contributed by atoms with Crippen LogP contribution in [0.1, 0.15) is 11.4 Å². The van der Waals surface area contributed by atoms with E-state index in [1.54, 1.807) is 0 Å². The van der Waals surface area contributed by atoms with Gasteiger partial charge in [-0.25, -0.2) is 8.78 Å². The monoisotopic (exact) mass is 284 g/mol. The summed E-state index contributed by atoms with van der Waals surface area (Å²) in [6.45, 7) is 2.94. The molecule has 2 N–H and O–H groups in total. The summed E-state index contributed by atoms with van der Waals surface area (Å²) in [6, 6.07) is 3.56. The molecule has 0 unspecified atom stereocenters. The topological polar surface area (TPSA) is 56.7 Å². The van der Waals surface area contributed by atoms with Gasteiger partial charge >= 0.3 is 0 Å². The minimum Gasteiger partial charge on any atom is -0.329 e. The van der Waals surface area contributed by atoms with Gasteiger partial charge in [0.05, 0.1) is 0 Å². The van der Waals surface area contributed by atoms with Gasteiger partial charge < -0.3 is 10.3 Å². The SMILES string of the molecule is Cc1nnc(SCc2ccc(F)cc2F)n1CCN. The molecule has 2 rings (SSSR count). The first-order chi connectivity index (χ1) is 9.11. The number of benzene rings is 1. The lowest BCUT2D eigenvalue weighted by Gasteiger charge is -2.07. The molecular formula is C12H14F2N4S. The molecule has 0 amide bonds. The van der Waals surface area contributed by atoms with Crippen LogP contribution in [0.15, 0.2) is 23.4 Å². The minimum absolute atomic E-state index is 0.370. The highest BCUT2D eigenvalue weighted by atomic mass is 32.2. The van der Waals surface area contributed by atoms with E-state index in [1.807, 2.05) is 11.5 Å². The van der Waals surface area contributed by atoms with Crippen molar-refractivity contribution in [1.29, 1.82) is 0 Å². The lowest BCUT2D eigenvalue weighted by atomic mass is 10.2. The van der Waals surface area contributed by atoms with Crippen LogP contribution in [0.5, 0.6) is 0 Å². The van der Waals surface area contributed by atoms with Crippen LogP contribution in [0.25, 0.3) is 0 Å². The van der Waals surface area contributed by atoms with Crippen molar-refractivity contribution in [3.8, 4) is 0 Å². The molecule has 0 aliphatic rings. The van der Waals surface area contributed by atoms with E-state index >= 15 is 0 Å². The van der Waals surface area contributed by atoms with E-state index in [2.05, 4.69) is 10.2 Å². The Bertz CT molecular complexity index is 571. The molecule has 1 aromatic carbocycles. The number of hydrogen-bond donors (Lipinski definition) is 1. The largest absolute Gasteiger partial charge is 0.329 e. The maximum Gasteiger partial charge on any atom is 0.191 e. The number of hydrogen-bond acceptors (Lipinski definition) is 4. The molecule has 1 aromatic heterocycles. The van der Waals surface area contributed by atoms with E-state index in [1.165, 1.54) is 23.9 Å². The predicted molar refractivity (Wildman–Crippen MR) is 69.7 cm³/mol. The summed E-state index contributed by atoms with van der Waals surface area (Å²) in [5, 5.41) is 8.67. The Morgan fingerprint density at radius 1 is 1.32 bits per heavy atom. The molecule has 2 aromatic rings. The van der Waals surface area contributed by atoms with Gasteiger partial charge in [-0.1, -0.05) is 17.8 Å². The van der Waals surface area contributed by atoms with E-state index in [4.69, 9.17) is 5.73 Å². The smallest absolute Gasteiger partial charge is 0.191 e. The van der Waals surface area contributed by atoms with Crippen LogP contribution >= 0.6 is 11.8 Å². The molecule has 0 saturated carbocycles. The zero-order valence-electron chi connectivity index (χ0n) is 10.4. The van der Waals surface area contributed by atoms with Gasteiger partial charge in [-0.3, -0.25) is 0 Å². The fourth-order valence-electron chi connectivity index (χ4n) is 1.64. The molecular weight excluding hydrogens is 270 g/mol. The summed E-state index contributed by atoms with van der Waals surface area (Å²) < 4.78 is 28.2. The normalized spacial score (nSPS) is 10.9. The number of aryl methyl sites for hydroxylation is 1. The van der Waals surface area contributed by atoms with Crippen molar-refractivity contribution in [3.05, 3.63) is 41.2 Å². The number of halogens is 2. The zero-order valence-corrected chi connectivity index (χ0v) is 11.3. The first-order valence-electron chi connectivity index (χ1n) is 5.78. The Balaban J connectivity index is 2.10. The molecule has 0 radical (unpaired) electrons. The van der Waals surface area contributed by atoms with Gasteiger partial charge in [-0.2, -0.15) is 0 Å². The van der Waals surface area contributed by atoms with Gasteiger partial charge in [0.25, 0.3) is 0 Å². The van der Waals surface area contributed by atoms with Crippen LogP contribution in [0, 0.1) is 18.6 Å². The molecule has 4 nitrogen and oxygen atoms in total. The van der Waals surface area contributed by atoms with Crippen LogP contribution in [0.3, 0.4) is 0 Å². The van der Waals surface area contributed by atoms with Gasteiger partial charge in [0.2, 0.25) is 0 Å². The van der Waals surface area contributed by atoms with Gasteiger partial charge in [-0.05, 0) is 18.6 Å². The Labute approximate surface area is 114 Å². The quantitative estimate of drug-likeness (QED) is 0.854. The molecule has 102 valence electrons. The third-order valence-electron chi connectivity index (χ3n) is 2.63. The minimum atomic E-state index is -0.576. The molecule has 0 bridgehead atoms. The number of rotatable bonds is 5. The molecule has 0 spiro atoms. The second-order valence-electron chi connectivity index (χ2n) is 3.99. The third kappa shape index (κ3) is 3.30. The molecule has 19 heavy (non-hydrogen) atoms. The molecule has 1 heterocycles. The Hall–Kier alpha value is -1.47. The fraction of sp³-hybridized carbons (Fsp3) is 0.333. The van der Waals surface area contributed by atoms with E-state index in [9.17, 15) is 8.78 Å². The maximum absolute atomic E-state index is 13.5. The second kappa shape index (κ2) is 6.12. The van der Waals surface area contributed by atoms with Crippen LogP contribution < -0.4 is 5.73 Å². The van der Waals surface area contributed by atoms with Crippen molar-refractivity contribution < 1.29 is 8.78 Å². The van der Waals surface area contributed by atoms with Crippen molar-refractivity contribution in [1.82, 2.24) is 14.8 Å². The van der Waals surface area contributed by atoms with Crippen molar-refractivity contribution in [2.24, 2.45) is 5.73 Å². The van der Waals surface area contributed by atoms with Crippen LogP contribution in [0.4, 0.5) is 8.78 Å². The highest BCUT2D eigenvalue weighted by Gasteiger charge is 2.10. The van der Waals surface area contributed by atoms with Crippen molar-refractivity contribution in [2.45, 2.75) is 24.4 Å². The number of nitrogens with zero attached hydrogens (tertiary/aromatic N) is 3. The van der Waals surface area contributed by atoms with Crippen LogP contribution in [-0.2, 0) is 12.3 Å². The fourth-order valence-corrected chi connectivity index (χ4v) is 2.63. The zero-order chi connectivity index (χ0) is 13.8. The number of thioether (sulfide) groups is 1. The highest BCUT2D eigenvalue weighted by molar-refractivity contribution is 7.98. The van der Waals surface area contributed by atoms with Gasteiger partial charge in [0.1, 0.15) is 17.5 Å². The molecule has 0 saturated heterocycles. The van der Waals surface area contributed by atoms with E-state index in [0.29, 0.717) is 29.6 Å². The van der Waals surface area contributed by atoms with E-state index < -0.39 is 11.6 Å². The number of aromatic nitrogens is 3. The lowest BCUT2D eigenvalue weighted by molar-refractivity contribution is 0.576.